The summed E-state index contributed by atoms with van der Waals surface area (Å²) in [5.41, 5.74) is 3.99. The van der Waals surface area contributed by atoms with Crippen molar-refractivity contribution in [2.45, 2.75) is 26.4 Å². The number of hydrogen-bond acceptors (Lipinski definition) is 6. The number of ether oxygens (including phenoxy) is 2. The summed E-state index contributed by atoms with van der Waals surface area (Å²) in [6, 6.07) is 13.1. The van der Waals surface area contributed by atoms with E-state index in [0.29, 0.717) is 23.7 Å². The number of nitrogens with zero attached hydrogens (tertiary/aromatic N) is 2. The molecule has 7 nitrogen and oxygen atoms in total. The second-order valence-corrected chi connectivity index (χ2v) is 8.60. The lowest BCUT2D eigenvalue weighted by Crippen LogP contribution is -2.47. The number of carbonyl (C=O) groups is 2. The second-order valence-electron chi connectivity index (χ2n) is 7.65. The third kappa shape index (κ3) is 4.81. The first-order chi connectivity index (χ1) is 15.4. The molecule has 2 amide bonds. The Morgan fingerprint density at radius 3 is 2.91 bits per heavy atom. The topological polar surface area (TPSA) is 80.8 Å². The van der Waals surface area contributed by atoms with Gasteiger partial charge in [-0.25, -0.2) is 4.98 Å². The Labute approximate surface area is 191 Å². The van der Waals surface area contributed by atoms with Gasteiger partial charge in [0.1, 0.15) is 12.3 Å². The molecule has 166 valence electrons. The summed E-state index contributed by atoms with van der Waals surface area (Å²) in [5.74, 6) is 0.0389. The molecule has 0 saturated heterocycles. The van der Waals surface area contributed by atoms with E-state index in [4.69, 9.17) is 9.47 Å². The van der Waals surface area contributed by atoms with Gasteiger partial charge in [-0.05, 0) is 49.7 Å². The number of aryl methyl sites for hydroxylation is 1. The smallest absolute Gasteiger partial charge is 0.268 e. The molecule has 2 aromatic carbocycles. The van der Waals surface area contributed by atoms with Crippen LogP contribution in [-0.4, -0.2) is 43.2 Å². The van der Waals surface area contributed by atoms with Gasteiger partial charge in [0.15, 0.2) is 6.10 Å². The number of methoxy groups -OCH3 is 1. The van der Waals surface area contributed by atoms with Crippen LogP contribution in [0.5, 0.6) is 5.75 Å². The van der Waals surface area contributed by atoms with Crippen molar-refractivity contribution >= 4 is 34.5 Å². The van der Waals surface area contributed by atoms with E-state index in [2.05, 4.69) is 10.3 Å². The summed E-state index contributed by atoms with van der Waals surface area (Å²) in [5, 5.41) is 5.83. The van der Waals surface area contributed by atoms with Crippen molar-refractivity contribution in [3.05, 3.63) is 58.4 Å². The Hall–Kier alpha value is -3.23. The molecule has 0 radical (unpaired) electrons. The van der Waals surface area contributed by atoms with E-state index in [-0.39, 0.29) is 18.4 Å². The van der Waals surface area contributed by atoms with E-state index in [1.165, 1.54) is 4.90 Å². The molecule has 4 rings (SSSR count). The van der Waals surface area contributed by atoms with Crippen LogP contribution >= 0.6 is 11.3 Å². The van der Waals surface area contributed by atoms with Gasteiger partial charge >= 0.3 is 0 Å². The number of hydrogen-bond donors (Lipinski definition) is 1. The van der Waals surface area contributed by atoms with Gasteiger partial charge in [-0.3, -0.25) is 14.5 Å². The van der Waals surface area contributed by atoms with Crippen LogP contribution in [0.2, 0.25) is 0 Å². The molecule has 0 fully saturated rings. The maximum absolute atomic E-state index is 12.9. The van der Waals surface area contributed by atoms with Gasteiger partial charge < -0.3 is 14.8 Å². The normalized spacial score (nSPS) is 15.3. The number of amides is 2. The molecule has 32 heavy (non-hydrogen) atoms. The number of nitrogens with one attached hydrogen (secondary N) is 1. The molecule has 3 aromatic rings. The monoisotopic (exact) mass is 451 g/mol. The Morgan fingerprint density at radius 1 is 1.28 bits per heavy atom. The molecule has 0 saturated carbocycles. The van der Waals surface area contributed by atoms with Crippen molar-refractivity contribution in [3.63, 3.8) is 0 Å². The first kappa shape index (κ1) is 22.0. The van der Waals surface area contributed by atoms with Gasteiger partial charge in [0, 0.05) is 30.2 Å². The molecule has 2 heterocycles. The highest BCUT2D eigenvalue weighted by molar-refractivity contribution is 7.09. The zero-order valence-corrected chi connectivity index (χ0v) is 19.1. The molecule has 0 spiro atoms. The average Bonchev–Trinajstić information content (AvgIpc) is 3.24. The first-order valence-corrected chi connectivity index (χ1v) is 11.2. The zero-order chi connectivity index (χ0) is 22.7. The van der Waals surface area contributed by atoms with Crippen molar-refractivity contribution < 1.29 is 19.1 Å². The van der Waals surface area contributed by atoms with Crippen molar-refractivity contribution in [2.75, 3.05) is 30.5 Å². The summed E-state index contributed by atoms with van der Waals surface area (Å²) in [4.78, 5) is 31.8. The lowest BCUT2D eigenvalue weighted by atomic mass is 10.1. The SMILES string of the molecule is COCCc1nc(-c2ccc3c(c2)N(CC(=O)Nc2cccc(C)c2)C(=O)C(C)O3)cs1. The van der Waals surface area contributed by atoms with Crippen molar-refractivity contribution in [1.82, 2.24) is 4.98 Å². The van der Waals surface area contributed by atoms with E-state index in [0.717, 1.165) is 28.2 Å². The lowest BCUT2D eigenvalue weighted by Gasteiger charge is -2.32. The molecule has 8 heteroatoms. The molecule has 0 aliphatic carbocycles. The third-order valence-corrected chi connectivity index (χ3v) is 6.05. The lowest BCUT2D eigenvalue weighted by molar-refractivity contribution is -0.127. The molecule has 1 N–H and O–H groups in total. The van der Waals surface area contributed by atoms with E-state index >= 15 is 0 Å². The number of rotatable bonds is 7. The summed E-state index contributed by atoms with van der Waals surface area (Å²) in [6.07, 6.45) is 0.0799. The Morgan fingerprint density at radius 2 is 2.12 bits per heavy atom. The predicted molar refractivity (Wildman–Crippen MR) is 125 cm³/mol. The van der Waals surface area contributed by atoms with Gasteiger partial charge in [0.05, 0.1) is 23.0 Å². The number of fused-ring (bicyclic) bond motifs is 1. The Bertz CT molecular complexity index is 1140. The predicted octanol–water partition coefficient (Wildman–Crippen LogP) is 4.06. The second kappa shape index (κ2) is 9.50. The highest BCUT2D eigenvalue weighted by atomic mass is 32.1. The minimum absolute atomic E-state index is 0.104. The molecule has 1 aliphatic rings. The number of benzene rings is 2. The highest BCUT2D eigenvalue weighted by Crippen LogP contribution is 2.37. The quantitative estimate of drug-likeness (QED) is 0.586. The van der Waals surface area contributed by atoms with Crippen LogP contribution in [0.3, 0.4) is 0 Å². The number of thiazole rings is 1. The minimum Gasteiger partial charge on any atom is -0.479 e. The fourth-order valence-corrected chi connectivity index (χ4v) is 4.33. The van der Waals surface area contributed by atoms with E-state index in [1.54, 1.807) is 25.4 Å². The van der Waals surface area contributed by atoms with Gasteiger partial charge in [0.25, 0.3) is 5.91 Å². The largest absolute Gasteiger partial charge is 0.479 e. The maximum Gasteiger partial charge on any atom is 0.268 e. The standard InChI is InChI=1S/C24H25N3O4S/c1-15-5-4-6-18(11-15)25-22(28)13-27-20-12-17(7-8-21(20)31-16(2)24(27)29)19-14-32-23(26-19)9-10-30-3/h4-8,11-12,14,16H,9-10,13H2,1-3H3,(H,25,28). The molecule has 1 aliphatic heterocycles. The minimum atomic E-state index is -0.667. The highest BCUT2D eigenvalue weighted by Gasteiger charge is 2.33. The molecular weight excluding hydrogens is 426 g/mol. The Kier molecular flexibility index (Phi) is 6.53. The summed E-state index contributed by atoms with van der Waals surface area (Å²) in [7, 11) is 1.67. The molecule has 1 unspecified atom stereocenters. The number of aromatic nitrogens is 1. The van der Waals surface area contributed by atoms with Crippen LogP contribution in [0, 0.1) is 6.92 Å². The van der Waals surface area contributed by atoms with Crippen LogP contribution in [0.25, 0.3) is 11.3 Å². The van der Waals surface area contributed by atoms with Crippen LogP contribution in [0.15, 0.2) is 47.8 Å². The fraction of sp³-hybridized carbons (Fsp3) is 0.292. The molecule has 1 atom stereocenters. The van der Waals surface area contributed by atoms with Crippen molar-refractivity contribution in [2.24, 2.45) is 0 Å². The summed E-state index contributed by atoms with van der Waals surface area (Å²) in [6.45, 7) is 4.15. The van der Waals surface area contributed by atoms with Gasteiger partial charge in [0.2, 0.25) is 5.91 Å². The van der Waals surface area contributed by atoms with E-state index in [1.807, 2.05) is 54.8 Å². The van der Waals surface area contributed by atoms with Crippen LogP contribution in [0.4, 0.5) is 11.4 Å². The summed E-state index contributed by atoms with van der Waals surface area (Å²) >= 11 is 1.57. The van der Waals surface area contributed by atoms with Gasteiger partial charge in [-0.15, -0.1) is 11.3 Å². The summed E-state index contributed by atoms with van der Waals surface area (Å²) < 4.78 is 10.9. The molecule has 0 bridgehead atoms. The third-order valence-electron chi connectivity index (χ3n) is 5.14. The van der Waals surface area contributed by atoms with Crippen molar-refractivity contribution in [1.29, 1.82) is 0 Å². The number of carbonyl (C=O) groups excluding carboxylic acids is 2. The Balaban J connectivity index is 1.58. The molecular formula is C24H25N3O4S. The van der Waals surface area contributed by atoms with Crippen LogP contribution in [0.1, 0.15) is 17.5 Å². The van der Waals surface area contributed by atoms with Gasteiger partial charge in [-0.2, -0.15) is 0 Å². The zero-order valence-electron chi connectivity index (χ0n) is 18.3. The maximum atomic E-state index is 12.9. The van der Waals surface area contributed by atoms with Gasteiger partial charge in [-0.1, -0.05) is 12.1 Å². The van der Waals surface area contributed by atoms with E-state index < -0.39 is 6.10 Å². The van der Waals surface area contributed by atoms with Crippen molar-refractivity contribution in [3.8, 4) is 17.0 Å². The van der Waals surface area contributed by atoms with Crippen LogP contribution < -0.4 is 15.0 Å². The van der Waals surface area contributed by atoms with Crippen LogP contribution in [-0.2, 0) is 20.7 Å². The first-order valence-electron chi connectivity index (χ1n) is 10.4. The van der Waals surface area contributed by atoms with E-state index in [9.17, 15) is 9.59 Å². The average molecular weight is 452 g/mol. The molecule has 1 aromatic heterocycles. The number of anilines is 2. The fourth-order valence-electron chi connectivity index (χ4n) is 3.54.